The summed E-state index contributed by atoms with van der Waals surface area (Å²) in [7, 11) is 0. The number of aliphatic hydroxyl groups is 1. The van der Waals surface area contributed by atoms with Crippen LogP contribution in [0.3, 0.4) is 0 Å². The van der Waals surface area contributed by atoms with Gasteiger partial charge in [0.15, 0.2) is 0 Å². The number of benzene rings is 2. The van der Waals surface area contributed by atoms with Gasteiger partial charge < -0.3 is 24.8 Å². The first kappa shape index (κ1) is 23.8. The smallest absolute Gasteiger partial charge is 0.312 e. The average Bonchev–Trinajstić information content (AvgIpc) is 3.49. The number of unbranched alkanes of at least 4 members (excludes halogenated alkanes) is 2. The van der Waals surface area contributed by atoms with Crippen molar-refractivity contribution in [2.24, 2.45) is 11.8 Å². The van der Waals surface area contributed by atoms with E-state index in [4.69, 9.17) is 14.6 Å². The fourth-order valence-corrected chi connectivity index (χ4v) is 6.25. The molecule has 35 heavy (non-hydrogen) atoms. The summed E-state index contributed by atoms with van der Waals surface area (Å²) in [6.07, 6.45) is 2.78. The lowest BCUT2D eigenvalue weighted by Gasteiger charge is -2.33. The van der Waals surface area contributed by atoms with E-state index in [0.717, 1.165) is 17.2 Å². The molecule has 0 aromatic heterocycles. The largest absolute Gasteiger partial charge is 0.466 e. The summed E-state index contributed by atoms with van der Waals surface area (Å²) in [6, 6.07) is 12.8. The van der Waals surface area contributed by atoms with Crippen LogP contribution >= 0.6 is 0 Å². The summed E-state index contributed by atoms with van der Waals surface area (Å²) in [4.78, 5) is 41.9. The van der Waals surface area contributed by atoms with E-state index in [0.29, 0.717) is 37.9 Å². The molecule has 1 spiro atoms. The Morgan fingerprint density at radius 2 is 1.97 bits per heavy atom. The molecule has 2 bridgehead atoms. The third kappa shape index (κ3) is 3.98. The van der Waals surface area contributed by atoms with Crippen molar-refractivity contribution in [2.75, 3.05) is 25.1 Å². The molecular formula is C27H32N2O6. The fraction of sp³-hybridized carbons (Fsp3) is 0.519. The Labute approximate surface area is 204 Å². The number of carbonyl (C=O) groups is 3. The molecule has 2 aromatic rings. The second-order valence-electron chi connectivity index (χ2n) is 9.68. The molecule has 5 atom stereocenters. The summed E-state index contributed by atoms with van der Waals surface area (Å²) in [5.41, 5.74) is -0.382. The molecule has 186 valence electrons. The highest BCUT2D eigenvalue weighted by Gasteiger charge is 2.74. The van der Waals surface area contributed by atoms with Crippen LogP contribution in [0.1, 0.15) is 39.0 Å². The van der Waals surface area contributed by atoms with Crippen LogP contribution < -0.4 is 5.32 Å². The second-order valence-corrected chi connectivity index (χ2v) is 9.68. The molecule has 0 radical (unpaired) electrons. The number of nitrogens with one attached hydrogen (secondary N) is 1. The highest BCUT2D eigenvalue weighted by molar-refractivity contribution is 6.04. The van der Waals surface area contributed by atoms with Gasteiger partial charge in [-0.05, 0) is 61.9 Å². The summed E-state index contributed by atoms with van der Waals surface area (Å²) >= 11 is 0. The zero-order chi connectivity index (χ0) is 24.6. The van der Waals surface area contributed by atoms with Crippen molar-refractivity contribution in [3.8, 4) is 0 Å². The van der Waals surface area contributed by atoms with Gasteiger partial charge in [0.05, 0.1) is 24.5 Å². The van der Waals surface area contributed by atoms with Crippen molar-refractivity contribution >= 4 is 34.2 Å². The van der Waals surface area contributed by atoms with E-state index >= 15 is 0 Å². The highest BCUT2D eigenvalue weighted by atomic mass is 16.6. The average molecular weight is 481 g/mol. The number of esters is 1. The quantitative estimate of drug-likeness (QED) is 0.422. The first-order valence-corrected chi connectivity index (χ1v) is 12.6. The van der Waals surface area contributed by atoms with Crippen LogP contribution in [0.15, 0.2) is 42.5 Å². The van der Waals surface area contributed by atoms with Gasteiger partial charge in [-0.25, -0.2) is 0 Å². The van der Waals surface area contributed by atoms with Crippen LogP contribution in [0, 0.1) is 11.8 Å². The van der Waals surface area contributed by atoms with Crippen LogP contribution in [0.5, 0.6) is 0 Å². The lowest BCUT2D eigenvalue weighted by Crippen LogP contribution is -2.53. The van der Waals surface area contributed by atoms with E-state index in [1.807, 2.05) is 42.5 Å². The van der Waals surface area contributed by atoms with Gasteiger partial charge in [-0.15, -0.1) is 0 Å². The number of fused-ring (bicyclic) bond motifs is 2. The summed E-state index contributed by atoms with van der Waals surface area (Å²) in [6.45, 7) is 2.43. The van der Waals surface area contributed by atoms with Gasteiger partial charge in [0.2, 0.25) is 11.8 Å². The molecule has 0 saturated carbocycles. The number of ether oxygens (including phenoxy) is 2. The van der Waals surface area contributed by atoms with Crippen molar-refractivity contribution in [3.63, 3.8) is 0 Å². The molecule has 2 N–H and O–H groups in total. The van der Waals surface area contributed by atoms with Crippen LogP contribution in [-0.4, -0.2) is 65.3 Å². The molecule has 2 aromatic carbocycles. The lowest BCUT2D eigenvalue weighted by atomic mass is 9.71. The van der Waals surface area contributed by atoms with Gasteiger partial charge in [-0.3, -0.25) is 14.4 Å². The Kier molecular flexibility index (Phi) is 6.51. The number of hydrogen-bond acceptors (Lipinski definition) is 6. The van der Waals surface area contributed by atoms with E-state index in [-0.39, 0.29) is 25.0 Å². The maximum absolute atomic E-state index is 13.8. The Morgan fingerprint density at radius 3 is 2.74 bits per heavy atom. The van der Waals surface area contributed by atoms with E-state index in [2.05, 4.69) is 5.32 Å². The molecular weight excluding hydrogens is 448 g/mol. The SMILES string of the molecule is CCOC(=O)[C@@H]1[C@H]2C(=O)N(CCCCCO)C(C(=O)Nc3ccc4ccccc4c3)C23CC[C@H]1O3. The van der Waals surface area contributed by atoms with Crippen LogP contribution in [-0.2, 0) is 23.9 Å². The van der Waals surface area contributed by atoms with E-state index in [1.54, 1.807) is 11.8 Å². The van der Waals surface area contributed by atoms with Crippen LogP contribution in [0.4, 0.5) is 5.69 Å². The molecule has 2 unspecified atom stereocenters. The monoisotopic (exact) mass is 480 g/mol. The molecule has 3 fully saturated rings. The van der Waals surface area contributed by atoms with E-state index in [9.17, 15) is 14.4 Å². The highest BCUT2D eigenvalue weighted by Crippen LogP contribution is 2.58. The topological polar surface area (TPSA) is 105 Å². The second kappa shape index (κ2) is 9.59. The van der Waals surface area contributed by atoms with Crippen molar-refractivity contribution in [1.29, 1.82) is 0 Å². The molecule has 2 amide bonds. The first-order valence-electron chi connectivity index (χ1n) is 12.6. The Balaban J connectivity index is 1.45. The predicted octanol–water partition coefficient (Wildman–Crippen LogP) is 2.88. The minimum Gasteiger partial charge on any atom is -0.466 e. The standard InChI is InChI=1S/C27H32N2O6/c1-2-34-26(33)21-20-12-13-27(35-20)22(21)25(32)29(14-6-3-7-15-30)23(27)24(31)28-19-11-10-17-8-4-5-9-18(17)16-19/h4-5,8-11,16,20-23,30H,2-3,6-7,12-15H2,1H3,(H,28,31)/t20-,21+,22+,23?,27?/m1/s1. The normalized spacial score (nSPS) is 29.0. The van der Waals surface area contributed by atoms with Gasteiger partial charge in [-0.2, -0.15) is 0 Å². The third-order valence-electron chi connectivity index (χ3n) is 7.68. The zero-order valence-electron chi connectivity index (χ0n) is 19.9. The molecule has 3 heterocycles. The minimum atomic E-state index is -1.03. The fourth-order valence-electron chi connectivity index (χ4n) is 6.25. The van der Waals surface area contributed by atoms with Crippen LogP contribution in [0.2, 0.25) is 0 Å². The van der Waals surface area contributed by atoms with Gasteiger partial charge in [0.25, 0.3) is 0 Å². The van der Waals surface area contributed by atoms with Gasteiger partial charge in [0.1, 0.15) is 11.6 Å². The predicted molar refractivity (Wildman–Crippen MR) is 129 cm³/mol. The van der Waals surface area contributed by atoms with Gasteiger partial charge in [0, 0.05) is 18.8 Å². The van der Waals surface area contributed by atoms with Crippen LogP contribution in [0.25, 0.3) is 10.8 Å². The minimum absolute atomic E-state index is 0.0854. The summed E-state index contributed by atoms with van der Waals surface area (Å²) < 4.78 is 11.7. The Bertz CT molecular complexity index is 1140. The number of aliphatic hydroxyl groups excluding tert-OH is 1. The first-order chi connectivity index (χ1) is 17.0. The van der Waals surface area contributed by atoms with Crippen molar-refractivity contribution in [2.45, 2.75) is 56.8 Å². The maximum atomic E-state index is 13.8. The molecule has 3 aliphatic rings. The number of nitrogens with zero attached hydrogens (tertiary/aromatic N) is 1. The van der Waals surface area contributed by atoms with Gasteiger partial charge >= 0.3 is 5.97 Å². The van der Waals surface area contributed by atoms with Crippen molar-refractivity contribution in [3.05, 3.63) is 42.5 Å². The Hall–Kier alpha value is -2.97. The molecule has 8 nitrogen and oxygen atoms in total. The van der Waals surface area contributed by atoms with Gasteiger partial charge in [-0.1, -0.05) is 30.3 Å². The van der Waals surface area contributed by atoms with E-state index < -0.39 is 35.6 Å². The molecule has 5 rings (SSSR count). The molecule has 8 heteroatoms. The lowest BCUT2D eigenvalue weighted by molar-refractivity contribution is -0.154. The number of amides is 2. The summed E-state index contributed by atoms with van der Waals surface area (Å²) in [5, 5.41) is 14.2. The Morgan fingerprint density at radius 1 is 1.17 bits per heavy atom. The zero-order valence-corrected chi connectivity index (χ0v) is 19.9. The number of carbonyl (C=O) groups excluding carboxylic acids is 3. The van der Waals surface area contributed by atoms with E-state index in [1.165, 1.54) is 0 Å². The van der Waals surface area contributed by atoms with Crippen molar-refractivity contribution in [1.82, 2.24) is 4.90 Å². The van der Waals surface area contributed by atoms with Crippen molar-refractivity contribution < 1.29 is 29.0 Å². The summed E-state index contributed by atoms with van der Waals surface area (Å²) in [5.74, 6) is -2.34. The third-order valence-corrected chi connectivity index (χ3v) is 7.68. The molecule has 0 aliphatic carbocycles. The number of hydrogen-bond donors (Lipinski definition) is 2. The number of anilines is 1. The number of rotatable bonds is 9. The molecule has 3 aliphatic heterocycles. The maximum Gasteiger partial charge on any atom is 0.312 e. The number of likely N-dealkylation sites (tertiary alicyclic amines) is 1. The molecule has 3 saturated heterocycles.